The van der Waals surface area contributed by atoms with Gasteiger partial charge in [-0.2, -0.15) is 0 Å². The lowest BCUT2D eigenvalue weighted by Crippen LogP contribution is -2.26. The van der Waals surface area contributed by atoms with Gasteiger partial charge in [-0.25, -0.2) is 0 Å². The first kappa shape index (κ1) is 94.7. The van der Waals surface area contributed by atoms with Crippen LogP contribution in [0.25, 0.3) is 221 Å². The van der Waals surface area contributed by atoms with E-state index in [9.17, 15) is 10.2 Å². The molecule has 0 aliphatic heterocycles. The molecule has 0 unspecified atom stereocenters. The van der Waals surface area contributed by atoms with Gasteiger partial charge in [0.2, 0.25) is 0 Å². The van der Waals surface area contributed by atoms with Gasteiger partial charge in [0.05, 0.1) is 0 Å². The normalized spacial score (nSPS) is 13.3. The summed E-state index contributed by atoms with van der Waals surface area (Å²) in [6.45, 7) is 27.3. The second kappa shape index (κ2) is 35.8. The zero-order chi connectivity index (χ0) is 102. The Morgan fingerprint density at radius 3 is 0.649 bits per heavy atom. The molecule has 2 N–H and O–H groups in total. The summed E-state index contributed by atoms with van der Waals surface area (Å²) in [5.41, 5.74) is 45.4. The number of benzene rings is 22. The van der Waals surface area contributed by atoms with Gasteiger partial charge < -0.3 is 10.2 Å². The van der Waals surface area contributed by atoms with E-state index in [1.54, 1.807) is 0 Å². The molecule has 716 valence electrons. The van der Waals surface area contributed by atoms with Crippen LogP contribution in [0.4, 0.5) is 0 Å². The summed E-state index contributed by atoms with van der Waals surface area (Å²) in [5, 5.41) is 36.5. The van der Waals surface area contributed by atoms with Gasteiger partial charge in [-0.05, 0) is 373 Å². The van der Waals surface area contributed by atoms with E-state index in [0.29, 0.717) is 0 Å². The number of fused-ring (bicyclic) bond motifs is 14. The van der Waals surface area contributed by atoms with Crippen molar-refractivity contribution in [1.29, 1.82) is 0 Å². The van der Waals surface area contributed by atoms with Gasteiger partial charge in [0.15, 0.2) is 0 Å². The molecule has 0 spiro atoms. The molecule has 22 aromatic carbocycles. The molecule has 0 saturated heterocycles. The molecule has 6 heteroatoms. The summed E-state index contributed by atoms with van der Waals surface area (Å²) in [4.78, 5) is 0. The Labute approximate surface area is 901 Å². The minimum atomic E-state index is -1.42. The minimum absolute atomic E-state index is 0.0577. The Morgan fingerprint density at radius 1 is 0.162 bits per heavy atom. The number of aliphatic hydroxyl groups is 2. The lowest BCUT2D eigenvalue weighted by molar-refractivity contribution is 0.130. The molecule has 4 aliphatic carbocycles. The molecule has 148 heavy (non-hydrogen) atoms. The summed E-state index contributed by atoms with van der Waals surface area (Å²) in [7, 11) is 0. The average molecular weight is 2170 g/mol. The Hall–Kier alpha value is -14.3. The van der Waals surface area contributed by atoms with Crippen molar-refractivity contribution in [3.63, 3.8) is 0 Å². The van der Waals surface area contributed by atoms with E-state index in [1.165, 1.54) is 166 Å². The minimum Gasteiger partial charge on any atom is -0.376 e. The van der Waals surface area contributed by atoms with Gasteiger partial charge in [0.25, 0.3) is 0 Å². The van der Waals surface area contributed by atoms with Crippen molar-refractivity contribution in [3.8, 4) is 178 Å². The van der Waals surface area contributed by atoms with Crippen LogP contribution in [0.5, 0.6) is 0 Å². The predicted molar refractivity (Wildman–Crippen MR) is 640 cm³/mol. The number of hydrogen-bond donors (Lipinski definition) is 2. The number of hydrogen-bond acceptors (Lipinski definition) is 2. The maximum absolute atomic E-state index is 13.6. The van der Waals surface area contributed by atoms with E-state index >= 15 is 0 Å². The Balaban J connectivity index is 0.000000154. The summed E-state index contributed by atoms with van der Waals surface area (Å²) in [6.07, 6.45) is 0. The van der Waals surface area contributed by atoms with Crippen LogP contribution < -0.4 is 0 Å². The molecular weight excluding hydrogens is 2060 g/mol. The third kappa shape index (κ3) is 15.8. The molecule has 2 nitrogen and oxygen atoms in total. The topological polar surface area (TPSA) is 40.5 Å². The molecule has 0 radical (unpaired) electrons. The van der Waals surface area contributed by atoms with Crippen molar-refractivity contribution in [1.82, 2.24) is 0 Å². The van der Waals surface area contributed by atoms with Crippen molar-refractivity contribution < 1.29 is 10.2 Å². The van der Waals surface area contributed by atoms with Crippen molar-refractivity contribution in [2.45, 2.75) is 116 Å². The molecule has 0 heterocycles. The monoisotopic (exact) mass is 2160 g/mol. The molecular formula is C142H108Br4O2. The summed E-state index contributed by atoms with van der Waals surface area (Å²) < 4.78 is 3.70. The third-order valence-electron chi connectivity index (χ3n) is 31.8. The molecule has 0 saturated carbocycles. The fourth-order valence-corrected chi connectivity index (χ4v) is 25.7. The lowest BCUT2D eigenvalue weighted by Gasteiger charge is -2.28. The van der Waals surface area contributed by atoms with Gasteiger partial charge in [0, 0.05) is 40.1 Å². The van der Waals surface area contributed by atoms with Crippen LogP contribution in [0.2, 0.25) is 0 Å². The second-order valence-electron chi connectivity index (χ2n) is 44.9. The van der Waals surface area contributed by atoms with Gasteiger partial charge in [0.1, 0.15) is 11.2 Å². The molecule has 0 aromatic heterocycles. The molecule has 0 fully saturated rings. The zero-order valence-corrected chi connectivity index (χ0v) is 91.2. The fourth-order valence-electron chi connectivity index (χ4n) is 24.3. The lowest BCUT2D eigenvalue weighted by atomic mass is 9.79. The predicted octanol–water partition coefficient (Wildman–Crippen LogP) is 40.7. The van der Waals surface area contributed by atoms with E-state index in [-0.39, 0.29) is 21.7 Å². The summed E-state index contributed by atoms with van der Waals surface area (Å²) in [6, 6.07) is 156. The fraction of sp³-hybridized carbons (Fsp3) is 0.127. The van der Waals surface area contributed by atoms with Crippen molar-refractivity contribution in [3.05, 3.63) is 498 Å². The Kier molecular flexibility index (Phi) is 22.9. The van der Waals surface area contributed by atoms with Crippen LogP contribution in [0.3, 0.4) is 0 Å². The summed E-state index contributed by atoms with van der Waals surface area (Å²) >= 11 is 15.1. The van der Waals surface area contributed by atoms with Gasteiger partial charge in [-0.15, -0.1) is 0 Å². The largest absolute Gasteiger partial charge is 0.376 e. The first-order chi connectivity index (χ1) is 71.3. The highest BCUT2D eigenvalue weighted by Gasteiger charge is 2.47. The van der Waals surface area contributed by atoms with Crippen LogP contribution in [0.15, 0.2) is 443 Å². The first-order valence-corrected chi connectivity index (χ1v) is 54.5. The van der Waals surface area contributed by atoms with Gasteiger partial charge >= 0.3 is 0 Å². The molecule has 0 amide bonds. The van der Waals surface area contributed by atoms with Gasteiger partial charge in [-0.1, -0.05) is 474 Å². The van der Waals surface area contributed by atoms with Crippen LogP contribution in [-0.4, -0.2) is 10.2 Å². The van der Waals surface area contributed by atoms with E-state index in [4.69, 9.17) is 0 Å². The highest BCUT2D eigenvalue weighted by atomic mass is 79.9. The standard InChI is InChI=1S/2C71H54Br2O/c1-69(2,3)49-24-20-42(21-25-49)46-36-47(43-22-26-50(27-23-43)70(4,5)6)38-48(37-46)54-34-35-60-66-57(54)18-13-19-59(66)67-65(45-16-11-8-12-17-45)61-39-51(28-31-58(61)64(68(60)67)44-14-9-7-10-15-44)71(74)62-40-52(72)29-32-55(62)56-33-30-53(73)41-63(56)71;1-69(2,3)49-24-20-42(21-25-49)46-36-47(43-22-26-50(27-23-43)70(4,5)6)38-48(37-46)54-34-35-60-66-57(54)18-13-19-59(66)67-64(44-14-9-7-10-15-44)58-31-28-51(39-61(58)65(68(60)67)45-16-11-8-12-17-45)71(74)62-40-52(72)29-32-55(62)56-33-30-53(73)41-63(56)71/h2*7-41,74H,1-6H3. The van der Waals surface area contributed by atoms with Crippen molar-refractivity contribution in [2.75, 3.05) is 0 Å². The van der Waals surface area contributed by atoms with Crippen molar-refractivity contribution >= 4 is 107 Å². The molecule has 0 bridgehead atoms. The van der Waals surface area contributed by atoms with E-state index < -0.39 is 11.2 Å². The van der Waals surface area contributed by atoms with Crippen LogP contribution in [0.1, 0.15) is 139 Å². The van der Waals surface area contributed by atoms with E-state index in [1.807, 2.05) is 0 Å². The summed E-state index contributed by atoms with van der Waals surface area (Å²) in [5.74, 6) is 0. The maximum Gasteiger partial charge on any atom is 0.141 e. The molecule has 22 aromatic rings. The Bertz CT molecular complexity index is 8490. The second-order valence-corrected chi connectivity index (χ2v) is 48.5. The van der Waals surface area contributed by atoms with Gasteiger partial charge in [-0.3, -0.25) is 0 Å². The Morgan fingerprint density at radius 2 is 0.392 bits per heavy atom. The van der Waals surface area contributed by atoms with Crippen LogP contribution in [0, 0.1) is 0 Å². The molecule has 0 atom stereocenters. The average Bonchev–Trinajstić information content (AvgIpc) is 1.56. The van der Waals surface area contributed by atoms with E-state index in [2.05, 4.69) is 571 Å². The maximum atomic E-state index is 13.6. The molecule has 4 aliphatic rings. The third-order valence-corrected chi connectivity index (χ3v) is 33.7. The quantitative estimate of drug-likeness (QED) is 0.128. The van der Waals surface area contributed by atoms with Crippen molar-refractivity contribution in [2.24, 2.45) is 0 Å². The number of rotatable bonds is 12. The zero-order valence-electron chi connectivity index (χ0n) is 84.8. The first-order valence-electron chi connectivity index (χ1n) is 51.3. The highest BCUT2D eigenvalue weighted by Crippen LogP contribution is 2.64. The smallest absolute Gasteiger partial charge is 0.141 e. The highest BCUT2D eigenvalue weighted by molar-refractivity contribution is 9.11. The van der Waals surface area contributed by atoms with Crippen LogP contribution in [-0.2, 0) is 32.9 Å². The SMILES string of the molecule is CC(C)(C)c1ccc(-c2cc(-c3ccc(C(C)(C)C)cc3)cc(-c3ccc4c5c(cccc35)-c3c-4c(-c4ccccc4)c4cc(C5(O)c6cc(Br)ccc6-c6ccc(Br)cc65)ccc4c3-c3ccccc3)c2)cc1.CC(C)(C)c1ccc(-c2cc(-c3ccc(C(C)(C)C)cc3)cc(-c3ccc4c5c(cccc35)-c3c-4c(-c4ccccc4)c4ccc(C5(O)c6cc(Br)ccc6-c6ccc(Br)cc65)cc4c3-c3ccccc3)c2)cc1. The number of halogens is 4. The molecule has 26 rings (SSSR count). The van der Waals surface area contributed by atoms with E-state index in [0.717, 1.165) is 128 Å². The van der Waals surface area contributed by atoms with Crippen LogP contribution >= 0.6 is 63.7 Å².